The van der Waals surface area contributed by atoms with Crippen LogP contribution < -0.4 is 5.73 Å². The van der Waals surface area contributed by atoms with Crippen LogP contribution in [0.2, 0.25) is 0 Å². The van der Waals surface area contributed by atoms with Gasteiger partial charge in [0.2, 0.25) is 0 Å². The van der Waals surface area contributed by atoms with Crippen molar-refractivity contribution < 1.29 is 8.78 Å². The molecule has 0 aliphatic carbocycles. The highest BCUT2D eigenvalue weighted by atomic mass is 35.5. The van der Waals surface area contributed by atoms with Crippen molar-refractivity contribution in [1.82, 2.24) is 14.7 Å². The molecule has 0 atom stereocenters. The summed E-state index contributed by atoms with van der Waals surface area (Å²) in [7, 11) is 0. The van der Waals surface area contributed by atoms with E-state index in [9.17, 15) is 8.78 Å². The largest absolute Gasteiger partial charge is 0.330 e. The molecular weight excluding hydrogens is 322 g/mol. The predicted molar refractivity (Wildman–Crippen MR) is 87.8 cm³/mol. The van der Waals surface area contributed by atoms with Crippen LogP contribution in [0.15, 0.2) is 30.5 Å². The Kier molecular flexibility index (Phi) is 6.10. The molecule has 3 rings (SSSR count). The van der Waals surface area contributed by atoms with Crippen LogP contribution in [0.3, 0.4) is 0 Å². The van der Waals surface area contributed by atoms with Crippen molar-refractivity contribution in [2.75, 3.05) is 19.6 Å². The number of hydrogen-bond donors (Lipinski definition) is 1. The van der Waals surface area contributed by atoms with Crippen molar-refractivity contribution in [2.24, 2.45) is 11.7 Å². The molecule has 4 nitrogen and oxygen atoms in total. The van der Waals surface area contributed by atoms with Crippen molar-refractivity contribution in [3.63, 3.8) is 0 Å². The maximum atomic E-state index is 13.8. The molecule has 2 heterocycles. The van der Waals surface area contributed by atoms with Crippen LogP contribution in [0, 0.1) is 17.6 Å². The van der Waals surface area contributed by atoms with E-state index in [0.29, 0.717) is 5.92 Å². The molecule has 2 aromatic rings. The maximum absolute atomic E-state index is 13.8. The molecule has 7 heteroatoms. The minimum Gasteiger partial charge on any atom is -0.330 e. The molecule has 0 amide bonds. The van der Waals surface area contributed by atoms with Gasteiger partial charge in [0.05, 0.1) is 5.69 Å². The normalized spacial score (nSPS) is 16.3. The Balaban J connectivity index is 0.00000192. The van der Waals surface area contributed by atoms with E-state index in [0.717, 1.165) is 50.8 Å². The predicted octanol–water partition coefficient (Wildman–Crippen LogP) is 2.74. The molecule has 0 saturated carbocycles. The Bertz CT molecular complexity index is 639. The van der Waals surface area contributed by atoms with Gasteiger partial charge in [-0.1, -0.05) is 0 Å². The van der Waals surface area contributed by atoms with Gasteiger partial charge >= 0.3 is 0 Å². The zero-order valence-corrected chi connectivity index (χ0v) is 13.6. The van der Waals surface area contributed by atoms with E-state index in [1.54, 1.807) is 6.20 Å². The Morgan fingerprint density at radius 1 is 1.17 bits per heavy atom. The second-order valence-electron chi connectivity index (χ2n) is 5.80. The van der Waals surface area contributed by atoms with Gasteiger partial charge in [-0.05, 0) is 56.6 Å². The molecule has 1 saturated heterocycles. The van der Waals surface area contributed by atoms with E-state index in [1.165, 1.54) is 16.8 Å². The van der Waals surface area contributed by atoms with Crippen molar-refractivity contribution in [3.05, 3.63) is 47.8 Å². The Morgan fingerprint density at radius 2 is 1.91 bits per heavy atom. The minimum atomic E-state index is -0.613. The summed E-state index contributed by atoms with van der Waals surface area (Å²) < 4.78 is 28.2. The molecule has 0 spiro atoms. The molecule has 1 fully saturated rings. The first-order valence-corrected chi connectivity index (χ1v) is 7.58. The van der Waals surface area contributed by atoms with Gasteiger partial charge in [-0.15, -0.1) is 12.4 Å². The summed E-state index contributed by atoms with van der Waals surface area (Å²) in [5, 5.41) is 4.39. The fourth-order valence-electron chi connectivity index (χ4n) is 2.86. The lowest BCUT2D eigenvalue weighted by Gasteiger charge is -2.30. The van der Waals surface area contributed by atoms with E-state index in [1.807, 2.05) is 6.07 Å². The molecule has 0 radical (unpaired) electrons. The van der Waals surface area contributed by atoms with Gasteiger partial charge in [0, 0.05) is 18.8 Å². The molecule has 1 aromatic carbocycles. The Morgan fingerprint density at radius 3 is 2.57 bits per heavy atom. The van der Waals surface area contributed by atoms with E-state index in [-0.39, 0.29) is 18.1 Å². The Labute approximate surface area is 140 Å². The molecule has 2 N–H and O–H groups in total. The molecule has 126 valence electrons. The third-order valence-electron chi connectivity index (χ3n) is 4.23. The quantitative estimate of drug-likeness (QED) is 0.929. The standard InChI is InChI=1S/C16H20F2N4.ClH/c17-13-1-2-16(15(18)9-13)22-8-5-14(20-22)11-21-6-3-12(10-19)4-7-21;/h1-2,5,8-9,12H,3-4,6-7,10-11,19H2;1H. The summed E-state index contributed by atoms with van der Waals surface area (Å²) in [5.41, 5.74) is 6.84. The number of hydrogen-bond acceptors (Lipinski definition) is 3. The van der Waals surface area contributed by atoms with Gasteiger partial charge in [-0.3, -0.25) is 4.90 Å². The lowest BCUT2D eigenvalue weighted by atomic mass is 9.97. The van der Waals surface area contributed by atoms with Crippen LogP contribution >= 0.6 is 12.4 Å². The van der Waals surface area contributed by atoms with Crippen LogP contribution in [0.1, 0.15) is 18.5 Å². The van der Waals surface area contributed by atoms with E-state index in [4.69, 9.17) is 5.73 Å². The number of benzene rings is 1. The first kappa shape index (κ1) is 17.8. The first-order chi connectivity index (χ1) is 10.7. The molecular formula is C16H21ClF2N4. The summed E-state index contributed by atoms with van der Waals surface area (Å²) in [6, 6.07) is 5.37. The van der Waals surface area contributed by atoms with Gasteiger partial charge in [0.25, 0.3) is 0 Å². The summed E-state index contributed by atoms with van der Waals surface area (Å²) in [6.07, 6.45) is 3.94. The van der Waals surface area contributed by atoms with Crippen LogP contribution in [0.25, 0.3) is 5.69 Å². The van der Waals surface area contributed by atoms with Gasteiger partial charge in [-0.25, -0.2) is 13.5 Å². The number of nitrogens with two attached hydrogens (primary N) is 1. The average molecular weight is 343 g/mol. The van der Waals surface area contributed by atoms with Crippen LogP contribution in [-0.2, 0) is 6.54 Å². The molecule has 0 unspecified atom stereocenters. The number of halogens is 3. The monoisotopic (exact) mass is 342 g/mol. The van der Waals surface area contributed by atoms with E-state index >= 15 is 0 Å². The maximum Gasteiger partial charge on any atom is 0.151 e. The van der Waals surface area contributed by atoms with Gasteiger partial charge in [0.15, 0.2) is 5.82 Å². The molecule has 1 aliphatic heterocycles. The summed E-state index contributed by atoms with van der Waals surface area (Å²) in [5.74, 6) is -0.572. The zero-order chi connectivity index (χ0) is 15.5. The smallest absolute Gasteiger partial charge is 0.151 e. The van der Waals surface area contributed by atoms with Crippen LogP contribution in [0.4, 0.5) is 8.78 Å². The molecule has 1 aliphatic rings. The third-order valence-corrected chi connectivity index (χ3v) is 4.23. The van der Waals surface area contributed by atoms with Gasteiger partial charge in [-0.2, -0.15) is 5.10 Å². The molecule has 0 bridgehead atoms. The highest BCUT2D eigenvalue weighted by Crippen LogP contribution is 2.18. The summed E-state index contributed by atoms with van der Waals surface area (Å²) in [6.45, 7) is 3.53. The minimum absolute atomic E-state index is 0. The Hall–Kier alpha value is -1.50. The van der Waals surface area contributed by atoms with Crippen LogP contribution in [0.5, 0.6) is 0 Å². The topological polar surface area (TPSA) is 47.1 Å². The molecule has 23 heavy (non-hydrogen) atoms. The van der Waals surface area contributed by atoms with Crippen molar-refractivity contribution in [1.29, 1.82) is 0 Å². The first-order valence-electron chi connectivity index (χ1n) is 7.58. The SMILES string of the molecule is Cl.NCC1CCN(Cc2ccn(-c3ccc(F)cc3F)n2)CC1. The lowest BCUT2D eigenvalue weighted by molar-refractivity contribution is 0.178. The highest BCUT2D eigenvalue weighted by Gasteiger charge is 2.18. The molecule has 1 aromatic heterocycles. The number of likely N-dealkylation sites (tertiary alicyclic amines) is 1. The number of rotatable bonds is 4. The third kappa shape index (κ3) is 4.28. The van der Waals surface area contributed by atoms with E-state index < -0.39 is 11.6 Å². The van der Waals surface area contributed by atoms with Gasteiger partial charge < -0.3 is 5.73 Å². The lowest BCUT2D eigenvalue weighted by Crippen LogP contribution is -2.35. The van der Waals surface area contributed by atoms with Crippen molar-refractivity contribution in [2.45, 2.75) is 19.4 Å². The fourth-order valence-corrected chi connectivity index (χ4v) is 2.86. The highest BCUT2D eigenvalue weighted by molar-refractivity contribution is 5.85. The van der Waals surface area contributed by atoms with Crippen molar-refractivity contribution >= 4 is 12.4 Å². The van der Waals surface area contributed by atoms with Crippen molar-refractivity contribution in [3.8, 4) is 5.69 Å². The van der Waals surface area contributed by atoms with Crippen LogP contribution in [-0.4, -0.2) is 34.3 Å². The summed E-state index contributed by atoms with van der Waals surface area (Å²) in [4.78, 5) is 2.33. The average Bonchev–Trinajstić information content (AvgIpc) is 2.96. The number of nitrogens with zero attached hydrogens (tertiary/aromatic N) is 3. The number of aromatic nitrogens is 2. The second-order valence-corrected chi connectivity index (χ2v) is 5.80. The zero-order valence-electron chi connectivity index (χ0n) is 12.8. The number of piperidine rings is 1. The second kappa shape index (κ2) is 7.86. The van der Waals surface area contributed by atoms with Gasteiger partial charge in [0.1, 0.15) is 11.5 Å². The van der Waals surface area contributed by atoms with E-state index in [2.05, 4.69) is 10.00 Å². The fraction of sp³-hybridized carbons (Fsp3) is 0.438. The summed E-state index contributed by atoms with van der Waals surface area (Å²) >= 11 is 0.